The lowest BCUT2D eigenvalue weighted by atomic mass is 9.99. The zero-order valence-corrected chi connectivity index (χ0v) is 12.8. The number of aryl methyl sites for hydroxylation is 2. The van der Waals surface area contributed by atoms with Crippen LogP contribution in [0.2, 0.25) is 0 Å². The van der Waals surface area contributed by atoms with E-state index in [1.807, 2.05) is 42.8 Å². The molecule has 0 aliphatic rings. The van der Waals surface area contributed by atoms with Gasteiger partial charge >= 0.3 is 0 Å². The van der Waals surface area contributed by atoms with Gasteiger partial charge in [0, 0.05) is 5.56 Å². The summed E-state index contributed by atoms with van der Waals surface area (Å²) in [4.78, 5) is 12.1. The van der Waals surface area contributed by atoms with E-state index in [-0.39, 0.29) is 12.5 Å². The molecular formula is C16H19NO2S. The minimum atomic E-state index is -1.05. The summed E-state index contributed by atoms with van der Waals surface area (Å²) in [6, 6.07) is 7.47. The lowest BCUT2D eigenvalue weighted by Gasteiger charge is -2.22. The standard InChI is InChI=1S/C16H19NO2S/c1-11-4-5-13(8-12(11)2)15(18)17-10-16(3,19)14-6-7-20-9-14/h4-9,19H,10H2,1-3H3,(H,17,18). The number of amides is 1. The van der Waals surface area contributed by atoms with Gasteiger partial charge in [-0.2, -0.15) is 11.3 Å². The van der Waals surface area contributed by atoms with Crippen LogP contribution >= 0.6 is 11.3 Å². The van der Waals surface area contributed by atoms with Crippen LogP contribution in [0.3, 0.4) is 0 Å². The largest absolute Gasteiger partial charge is 0.384 e. The number of benzene rings is 1. The minimum Gasteiger partial charge on any atom is -0.384 e. The molecule has 106 valence electrons. The first-order chi connectivity index (χ1) is 9.40. The van der Waals surface area contributed by atoms with Crippen molar-refractivity contribution in [3.05, 3.63) is 57.3 Å². The molecule has 1 amide bonds. The van der Waals surface area contributed by atoms with Gasteiger partial charge in [-0.1, -0.05) is 6.07 Å². The van der Waals surface area contributed by atoms with Crippen molar-refractivity contribution in [1.29, 1.82) is 0 Å². The van der Waals surface area contributed by atoms with Gasteiger partial charge in [0.25, 0.3) is 5.91 Å². The van der Waals surface area contributed by atoms with Crippen molar-refractivity contribution >= 4 is 17.2 Å². The monoisotopic (exact) mass is 289 g/mol. The zero-order chi connectivity index (χ0) is 14.8. The molecule has 0 fully saturated rings. The van der Waals surface area contributed by atoms with Gasteiger partial charge in [-0.3, -0.25) is 4.79 Å². The van der Waals surface area contributed by atoms with Crippen molar-refractivity contribution in [2.75, 3.05) is 6.54 Å². The fourth-order valence-electron chi connectivity index (χ4n) is 1.91. The third-order valence-corrected chi connectivity index (χ3v) is 4.19. The Hall–Kier alpha value is -1.65. The normalized spacial score (nSPS) is 13.8. The molecule has 0 radical (unpaired) electrons. The Bertz CT molecular complexity index is 603. The van der Waals surface area contributed by atoms with Gasteiger partial charge in [-0.05, 0) is 66.4 Å². The molecule has 1 aromatic heterocycles. The number of nitrogens with one attached hydrogen (secondary N) is 1. The number of thiophene rings is 1. The maximum Gasteiger partial charge on any atom is 0.251 e. The second-order valence-corrected chi connectivity index (χ2v) is 6.05. The van der Waals surface area contributed by atoms with Gasteiger partial charge in [-0.25, -0.2) is 0 Å². The zero-order valence-electron chi connectivity index (χ0n) is 11.9. The van der Waals surface area contributed by atoms with Gasteiger partial charge < -0.3 is 10.4 Å². The molecule has 4 heteroatoms. The topological polar surface area (TPSA) is 49.3 Å². The second kappa shape index (κ2) is 5.77. The number of hydrogen-bond acceptors (Lipinski definition) is 3. The van der Waals surface area contributed by atoms with Crippen LogP contribution < -0.4 is 5.32 Å². The summed E-state index contributed by atoms with van der Waals surface area (Å²) in [6.45, 7) is 5.89. The van der Waals surface area contributed by atoms with Crippen molar-refractivity contribution in [3.63, 3.8) is 0 Å². The van der Waals surface area contributed by atoms with E-state index in [1.54, 1.807) is 13.0 Å². The van der Waals surface area contributed by atoms with Crippen molar-refractivity contribution in [2.45, 2.75) is 26.4 Å². The molecular weight excluding hydrogens is 270 g/mol. The van der Waals surface area contributed by atoms with Crippen molar-refractivity contribution in [1.82, 2.24) is 5.32 Å². The van der Waals surface area contributed by atoms with Gasteiger partial charge in [0.1, 0.15) is 5.60 Å². The molecule has 0 bridgehead atoms. The van der Waals surface area contributed by atoms with E-state index in [2.05, 4.69) is 5.32 Å². The second-order valence-electron chi connectivity index (χ2n) is 5.27. The Morgan fingerprint density at radius 1 is 1.30 bits per heavy atom. The van der Waals surface area contributed by atoms with E-state index < -0.39 is 5.60 Å². The maximum absolute atomic E-state index is 12.1. The molecule has 2 aromatic rings. The Morgan fingerprint density at radius 3 is 2.65 bits per heavy atom. The van der Waals surface area contributed by atoms with Gasteiger partial charge in [0.05, 0.1) is 6.54 Å². The SMILES string of the molecule is Cc1ccc(C(=O)NCC(C)(O)c2ccsc2)cc1C. The number of aliphatic hydroxyl groups is 1. The first-order valence-electron chi connectivity index (χ1n) is 6.50. The molecule has 20 heavy (non-hydrogen) atoms. The highest BCUT2D eigenvalue weighted by atomic mass is 32.1. The van der Waals surface area contributed by atoms with E-state index in [0.29, 0.717) is 5.56 Å². The van der Waals surface area contributed by atoms with E-state index in [1.165, 1.54) is 11.3 Å². The summed E-state index contributed by atoms with van der Waals surface area (Å²) in [6.07, 6.45) is 0. The average Bonchev–Trinajstić information content (AvgIpc) is 2.94. The highest BCUT2D eigenvalue weighted by molar-refractivity contribution is 7.08. The summed E-state index contributed by atoms with van der Waals surface area (Å²) >= 11 is 1.53. The lowest BCUT2D eigenvalue weighted by molar-refractivity contribution is 0.0530. The molecule has 3 nitrogen and oxygen atoms in total. The molecule has 1 aromatic carbocycles. The third kappa shape index (κ3) is 3.26. The van der Waals surface area contributed by atoms with Gasteiger partial charge in [-0.15, -0.1) is 0 Å². The number of carbonyl (C=O) groups is 1. The molecule has 1 atom stereocenters. The van der Waals surface area contributed by atoms with Gasteiger partial charge in [0.15, 0.2) is 0 Å². The maximum atomic E-state index is 12.1. The molecule has 0 saturated carbocycles. The van der Waals surface area contributed by atoms with Crippen molar-refractivity contribution < 1.29 is 9.90 Å². The fourth-order valence-corrected chi connectivity index (χ4v) is 2.69. The van der Waals surface area contributed by atoms with Gasteiger partial charge in [0.2, 0.25) is 0 Å². The smallest absolute Gasteiger partial charge is 0.251 e. The molecule has 1 unspecified atom stereocenters. The molecule has 0 aliphatic carbocycles. The predicted octanol–water partition coefficient (Wildman–Crippen LogP) is 3.00. The van der Waals surface area contributed by atoms with Crippen LogP contribution in [0.1, 0.15) is 34.0 Å². The first-order valence-corrected chi connectivity index (χ1v) is 7.45. The Kier molecular flexibility index (Phi) is 4.26. The van der Waals surface area contributed by atoms with Crippen molar-refractivity contribution in [3.8, 4) is 0 Å². The molecule has 2 rings (SSSR count). The van der Waals surface area contributed by atoms with Crippen LogP contribution in [0.4, 0.5) is 0 Å². The fraction of sp³-hybridized carbons (Fsp3) is 0.312. The summed E-state index contributed by atoms with van der Waals surface area (Å²) in [5, 5.41) is 17.0. The summed E-state index contributed by atoms with van der Waals surface area (Å²) < 4.78 is 0. The van der Waals surface area contributed by atoms with Crippen LogP contribution in [0.5, 0.6) is 0 Å². The van der Waals surface area contributed by atoms with Crippen LogP contribution in [0.15, 0.2) is 35.0 Å². The van der Waals surface area contributed by atoms with Crippen molar-refractivity contribution in [2.24, 2.45) is 0 Å². The van der Waals surface area contributed by atoms with Crippen LogP contribution in [-0.2, 0) is 5.60 Å². The molecule has 0 aliphatic heterocycles. The van der Waals surface area contributed by atoms with Crippen LogP contribution in [0.25, 0.3) is 0 Å². The summed E-state index contributed by atoms with van der Waals surface area (Å²) in [5.41, 5.74) is 2.64. The highest BCUT2D eigenvalue weighted by Crippen LogP contribution is 2.22. The van der Waals surface area contributed by atoms with Crippen LogP contribution in [0, 0.1) is 13.8 Å². The Balaban J connectivity index is 2.03. The number of carbonyl (C=O) groups excluding carboxylic acids is 1. The lowest BCUT2D eigenvalue weighted by Crippen LogP contribution is -2.38. The predicted molar refractivity (Wildman–Crippen MR) is 82.1 cm³/mol. The number of hydrogen-bond donors (Lipinski definition) is 2. The highest BCUT2D eigenvalue weighted by Gasteiger charge is 2.24. The van der Waals surface area contributed by atoms with E-state index >= 15 is 0 Å². The van der Waals surface area contributed by atoms with E-state index in [0.717, 1.165) is 16.7 Å². The first kappa shape index (κ1) is 14.8. The van der Waals surface area contributed by atoms with E-state index in [4.69, 9.17) is 0 Å². The third-order valence-electron chi connectivity index (χ3n) is 3.51. The molecule has 2 N–H and O–H groups in total. The quantitative estimate of drug-likeness (QED) is 0.909. The average molecular weight is 289 g/mol. The summed E-state index contributed by atoms with van der Waals surface area (Å²) in [7, 11) is 0. The van der Waals surface area contributed by atoms with Crippen LogP contribution in [-0.4, -0.2) is 17.6 Å². The Morgan fingerprint density at radius 2 is 2.05 bits per heavy atom. The summed E-state index contributed by atoms with van der Waals surface area (Å²) in [5.74, 6) is -0.163. The Labute approximate surface area is 123 Å². The van der Waals surface area contributed by atoms with E-state index in [9.17, 15) is 9.90 Å². The minimum absolute atomic E-state index is 0.163. The molecule has 0 spiro atoms. The molecule has 1 heterocycles. The number of rotatable bonds is 4. The molecule has 0 saturated heterocycles.